The molecule has 9 nitrogen and oxygen atoms in total. The van der Waals surface area contributed by atoms with Gasteiger partial charge in [-0.05, 0) is 13.8 Å². The van der Waals surface area contributed by atoms with E-state index in [1.165, 1.54) is 0 Å². The fraction of sp³-hybridized carbons (Fsp3) is 0.300. The van der Waals surface area contributed by atoms with E-state index in [1.807, 2.05) is 4.98 Å². The molecule has 0 spiro atoms. The van der Waals surface area contributed by atoms with Crippen LogP contribution in [0.4, 0.5) is 5.69 Å². The summed E-state index contributed by atoms with van der Waals surface area (Å²) in [5.41, 5.74) is -1.21. The van der Waals surface area contributed by atoms with Crippen molar-refractivity contribution in [2.75, 3.05) is 0 Å². The summed E-state index contributed by atoms with van der Waals surface area (Å²) in [4.78, 5) is 34.5. The summed E-state index contributed by atoms with van der Waals surface area (Å²) < 4.78 is 5.97. The lowest BCUT2D eigenvalue weighted by Gasteiger charge is -2.03. The van der Waals surface area contributed by atoms with Gasteiger partial charge in [0.25, 0.3) is 0 Å². The Morgan fingerprint density at radius 2 is 2.16 bits per heavy atom. The van der Waals surface area contributed by atoms with Crippen LogP contribution in [0, 0.1) is 24.0 Å². The van der Waals surface area contributed by atoms with Crippen molar-refractivity contribution in [1.29, 1.82) is 0 Å². The third-order valence-electron chi connectivity index (χ3n) is 2.70. The Morgan fingerprint density at radius 3 is 2.68 bits per heavy atom. The van der Waals surface area contributed by atoms with Gasteiger partial charge >= 0.3 is 16.9 Å². The molecular formula is C10H10N4O5. The predicted molar refractivity (Wildman–Crippen MR) is 63.1 cm³/mol. The van der Waals surface area contributed by atoms with Gasteiger partial charge in [0.05, 0.1) is 23.4 Å². The summed E-state index contributed by atoms with van der Waals surface area (Å²) >= 11 is 0. The first-order chi connectivity index (χ1) is 8.90. The van der Waals surface area contributed by atoms with E-state index in [2.05, 4.69) is 5.16 Å². The largest absolute Gasteiger partial charge is 0.361 e. The van der Waals surface area contributed by atoms with Gasteiger partial charge in [0, 0.05) is 5.56 Å². The highest BCUT2D eigenvalue weighted by atomic mass is 16.6. The molecular weight excluding hydrogens is 256 g/mol. The first-order valence-electron chi connectivity index (χ1n) is 5.30. The molecule has 0 unspecified atom stereocenters. The van der Waals surface area contributed by atoms with Gasteiger partial charge in [-0.3, -0.25) is 24.5 Å². The highest BCUT2D eigenvalue weighted by Crippen LogP contribution is 2.13. The second kappa shape index (κ2) is 4.52. The van der Waals surface area contributed by atoms with Crippen LogP contribution < -0.4 is 11.2 Å². The van der Waals surface area contributed by atoms with Crippen molar-refractivity contribution in [3.63, 3.8) is 0 Å². The van der Waals surface area contributed by atoms with Gasteiger partial charge in [-0.1, -0.05) is 5.16 Å². The summed E-state index contributed by atoms with van der Waals surface area (Å²) in [5, 5.41) is 14.4. The van der Waals surface area contributed by atoms with Gasteiger partial charge in [-0.25, -0.2) is 4.79 Å². The number of nitrogens with one attached hydrogen (secondary N) is 1. The molecule has 0 radical (unpaired) electrons. The number of hydrogen-bond donors (Lipinski definition) is 1. The van der Waals surface area contributed by atoms with Gasteiger partial charge in [0.2, 0.25) is 0 Å². The third kappa shape index (κ3) is 2.30. The Kier molecular flexibility index (Phi) is 3.03. The van der Waals surface area contributed by atoms with E-state index < -0.39 is 21.9 Å². The monoisotopic (exact) mass is 266 g/mol. The molecule has 2 heterocycles. The maximum Gasteiger partial charge on any atom is 0.350 e. The van der Waals surface area contributed by atoms with Crippen molar-refractivity contribution in [3.05, 3.63) is 54.2 Å². The van der Waals surface area contributed by atoms with Crippen LogP contribution in [0.5, 0.6) is 0 Å². The molecule has 0 bridgehead atoms. The fourth-order valence-electron chi connectivity index (χ4n) is 1.64. The van der Waals surface area contributed by atoms with Crippen molar-refractivity contribution < 1.29 is 9.45 Å². The van der Waals surface area contributed by atoms with Crippen molar-refractivity contribution in [2.24, 2.45) is 0 Å². The normalized spacial score (nSPS) is 10.6. The van der Waals surface area contributed by atoms with Gasteiger partial charge in [0.15, 0.2) is 0 Å². The molecule has 0 amide bonds. The molecule has 0 fully saturated rings. The second-order valence-corrected chi connectivity index (χ2v) is 3.96. The van der Waals surface area contributed by atoms with Crippen LogP contribution in [0.25, 0.3) is 0 Å². The highest BCUT2D eigenvalue weighted by Gasteiger charge is 2.17. The molecule has 0 saturated heterocycles. The lowest BCUT2D eigenvalue weighted by molar-refractivity contribution is -0.386. The Bertz CT molecular complexity index is 735. The van der Waals surface area contributed by atoms with Crippen molar-refractivity contribution >= 4 is 5.69 Å². The zero-order valence-electron chi connectivity index (χ0n) is 10.2. The van der Waals surface area contributed by atoms with E-state index in [1.54, 1.807) is 13.8 Å². The predicted octanol–water partition coefficient (Wildman–Crippen LogP) is 0.0979. The Hall–Kier alpha value is -2.71. The topological polar surface area (TPSA) is 124 Å². The number of aromatic nitrogens is 3. The van der Waals surface area contributed by atoms with Crippen LogP contribution in [-0.2, 0) is 6.54 Å². The number of rotatable bonds is 3. The minimum absolute atomic E-state index is 0.0393. The average molecular weight is 266 g/mol. The smallest absolute Gasteiger partial charge is 0.350 e. The molecule has 0 aliphatic rings. The Morgan fingerprint density at radius 1 is 1.47 bits per heavy atom. The summed E-state index contributed by atoms with van der Waals surface area (Å²) in [7, 11) is 0. The molecule has 0 aliphatic carbocycles. The molecule has 0 aromatic carbocycles. The van der Waals surface area contributed by atoms with Crippen molar-refractivity contribution in [3.8, 4) is 0 Å². The first-order valence-corrected chi connectivity index (χ1v) is 5.30. The van der Waals surface area contributed by atoms with Gasteiger partial charge in [0.1, 0.15) is 5.76 Å². The lowest BCUT2D eigenvalue weighted by Crippen LogP contribution is -2.31. The molecule has 19 heavy (non-hydrogen) atoms. The second-order valence-electron chi connectivity index (χ2n) is 3.96. The van der Waals surface area contributed by atoms with E-state index in [-0.39, 0.29) is 6.54 Å². The lowest BCUT2D eigenvalue weighted by atomic mass is 10.2. The van der Waals surface area contributed by atoms with Crippen LogP contribution in [0.1, 0.15) is 17.0 Å². The standard InChI is InChI=1S/C10H10N4O5/c1-5-7(6(2)19-12-5)3-13-4-8(14(17)18)9(15)11-10(13)16/h4H,3H2,1-2H3,(H,11,15,16). The minimum Gasteiger partial charge on any atom is -0.361 e. The molecule has 0 aliphatic heterocycles. The van der Waals surface area contributed by atoms with Crippen LogP contribution >= 0.6 is 0 Å². The quantitative estimate of drug-likeness (QED) is 0.620. The zero-order chi connectivity index (χ0) is 14.2. The van der Waals surface area contributed by atoms with Crippen LogP contribution in [0.15, 0.2) is 20.3 Å². The number of aryl methyl sites for hydroxylation is 2. The molecule has 2 rings (SSSR count). The zero-order valence-corrected chi connectivity index (χ0v) is 10.2. The molecule has 0 saturated carbocycles. The number of nitro groups is 1. The number of H-pyrrole nitrogens is 1. The summed E-state index contributed by atoms with van der Waals surface area (Å²) in [6, 6.07) is 0. The molecule has 0 atom stereocenters. The first kappa shape index (κ1) is 12.7. The maximum atomic E-state index is 11.6. The Balaban J connectivity index is 2.52. The minimum atomic E-state index is -1.02. The summed E-state index contributed by atoms with van der Waals surface area (Å²) in [6.07, 6.45) is 0.910. The number of nitrogens with zero attached hydrogens (tertiary/aromatic N) is 3. The fourth-order valence-corrected chi connectivity index (χ4v) is 1.64. The van der Waals surface area contributed by atoms with Crippen LogP contribution in [0.2, 0.25) is 0 Å². The van der Waals surface area contributed by atoms with E-state index in [9.17, 15) is 19.7 Å². The van der Waals surface area contributed by atoms with E-state index in [0.29, 0.717) is 17.0 Å². The van der Waals surface area contributed by atoms with Gasteiger partial charge in [-0.2, -0.15) is 0 Å². The molecule has 2 aromatic rings. The van der Waals surface area contributed by atoms with Crippen LogP contribution in [-0.4, -0.2) is 19.6 Å². The van der Waals surface area contributed by atoms with E-state index in [4.69, 9.17) is 4.52 Å². The molecule has 100 valence electrons. The number of hydrogen-bond acceptors (Lipinski definition) is 6. The maximum absolute atomic E-state index is 11.6. The SMILES string of the molecule is Cc1noc(C)c1Cn1cc([N+](=O)[O-])c(=O)[nH]c1=O. The third-order valence-corrected chi connectivity index (χ3v) is 2.70. The highest BCUT2D eigenvalue weighted by molar-refractivity contribution is 5.24. The van der Waals surface area contributed by atoms with Gasteiger partial charge < -0.3 is 4.52 Å². The van der Waals surface area contributed by atoms with Crippen molar-refractivity contribution in [2.45, 2.75) is 20.4 Å². The van der Waals surface area contributed by atoms with Gasteiger partial charge in [-0.15, -0.1) is 0 Å². The van der Waals surface area contributed by atoms with Crippen molar-refractivity contribution in [1.82, 2.24) is 14.7 Å². The summed E-state index contributed by atoms with van der Waals surface area (Å²) in [6.45, 7) is 3.40. The molecule has 1 N–H and O–H groups in total. The molecule has 9 heteroatoms. The number of aromatic amines is 1. The average Bonchev–Trinajstić information content (AvgIpc) is 2.63. The summed E-state index contributed by atoms with van der Waals surface area (Å²) in [5.74, 6) is 0.512. The van der Waals surface area contributed by atoms with E-state index >= 15 is 0 Å². The Labute approximate surface area is 105 Å². The molecule has 2 aromatic heterocycles. The van der Waals surface area contributed by atoms with E-state index in [0.717, 1.165) is 10.8 Å². The van der Waals surface area contributed by atoms with Crippen LogP contribution in [0.3, 0.4) is 0 Å².